The van der Waals surface area contributed by atoms with E-state index in [4.69, 9.17) is 14.6 Å². The molecule has 0 fully saturated rings. The Bertz CT molecular complexity index is 543. The van der Waals surface area contributed by atoms with Gasteiger partial charge in [-0.25, -0.2) is 0 Å². The number of aliphatic carboxylic acids is 1. The summed E-state index contributed by atoms with van der Waals surface area (Å²) in [6.07, 6.45) is -0.0594. The highest BCUT2D eigenvalue weighted by Gasteiger charge is 2.22. The van der Waals surface area contributed by atoms with Gasteiger partial charge in [0.05, 0.1) is 12.3 Å². The molecule has 0 aromatic heterocycles. The first-order chi connectivity index (χ1) is 9.99. The van der Waals surface area contributed by atoms with Crippen LogP contribution < -0.4 is 9.47 Å². The fourth-order valence-electron chi connectivity index (χ4n) is 2.18. The lowest BCUT2D eigenvalue weighted by atomic mass is 9.99. The van der Waals surface area contributed by atoms with Crippen LogP contribution in [0, 0.1) is 0 Å². The van der Waals surface area contributed by atoms with Crippen LogP contribution in [0.5, 0.6) is 11.5 Å². The average Bonchev–Trinajstić information content (AvgIpc) is 2.50. The molecule has 0 spiro atoms. The summed E-state index contributed by atoms with van der Waals surface area (Å²) in [6.45, 7) is 3.02. The van der Waals surface area contributed by atoms with Crippen molar-refractivity contribution in [3.63, 3.8) is 0 Å². The average molecular weight is 293 g/mol. The van der Waals surface area contributed by atoms with Crippen LogP contribution in [-0.2, 0) is 9.59 Å². The molecular formula is C15H19NO5. The summed E-state index contributed by atoms with van der Waals surface area (Å²) in [5.74, 6) is -0.0651. The Labute approximate surface area is 123 Å². The predicted octanol–water partition coefficient (Wildman–Crippen LogP) is 1.49. The molecule has 21 heavy (non-hydrogen) atoms. The summed E-state index contributed by atoms with van der Waals surface area (Å²) < 4.78 is 11.0. The van der Waals surface area contributed by atoms with Gasteiger partial charge in [0, 0.05) is 13.6 Å². The van der Waals surface area contributed by atoms with E-state index in [1.54, 1.807) is 20.0 Å². The van der Waals surface area contributed by atoms with Crippen LogP contribution in [0.2, 0.25) is 0 Å². The molecule has 1 amide bonds. The summed E-state index contributed by atoms with van der Waals surface area (Å²) in [5, 5.41) is 8.66. The number of amides is 1. The van der Waals surface area contributed by atoms with Gasteiger partial charge in [-0.1, -0.05) is 6.07 Å². The second kappa shape index (κ2) is 6.47. The number of ether oxygens (including phenoxy) is 2. The van der Waals surface area contributed by atoms with Crippen LogP contribution >= 0.6 is 0 Å². The van der Waals surface area contributed by atoms with E-state index >= 15 is 0 Å². The molecule has 1 heterocycles. The predicted molar refractivity (Wildman–Crippen MR) is 75.7 cm³/mol. The van der Waals surface area contributed by atoms with Crippen LogP contribution in [0.4, 0.5) is 0 Å². The minimum Gasteiger partial charge on any atom is -0.486 e. The maximum Gasteiger partial charge on any atom is 0.305 e. The Morgan fingerprint density at radius 3 is 2.62 bits per heavy atom. The lowest BCUT2D eigenvalue weighted by Gasteiger charge is -2.23. The molecule has 0 radical (unpaired) electrons. The zero-order valence-electron chi connectivity index (χ0n) is 12.2. The van der Waals surface area contributed by atoms with E-state index in [-0.39, 0.29) is 24.8 Å². The molecule has 1 atom stereocenters. The Morgan fingerprint density at radius 2 is 1.95 bits per heavy atom. The van der Waals surface area contributed by atoms with Gasteiger partial charge in [0.1, 0.15) is 13.2 Å². The number of hydrogen-bond donors (Lipinski definition) is 1. The summed E-state index contributed by atoms with van der Waals surface area (Å²) in [5.41, 5.74) is 0.825. The van der Waals surface area contributed by atoms with Crippen LogP contribution in [0.25, 0.3) is 0 Å². The van der Waals surface area contributed by atoms with Crippen molar-refractivity contribution < 1.29 is 24.2 Å². The highest BCUT2D eigenvalue weighted by atomic mass is 16.6. The third-order valence-corrected chi connectivity index (χ3v) is 3.47. The molecule has 1 aliphatic rings. The van der Waals surface area contributed by atoms with Crippen LogP contribution in [0.3, 0.4) is 0 Å². The number of rotatable bonds is 5. The fourth-order valence-corrected chi connectivity index (χ4v) is 2.18. The number of carboxylic acids is 1. The normalized spacial score (nSPS) is 14.4. The summed E-state index contributed by atoms with van der Waals surface area (Å²) >= 11 is 0. The van der Waals surface area contributed by atoms with Gasteiger partial charge in [-0.15, -0.1) is 0 Å². The van der Waals surface area contributed by atoms with Crippen molar-refractivity contribution >= 4 is 11.9 Å². The maximum atomic E-state index is 12.3. The van der Waals surface area contributed by atoms with E-state index in [1.165, 1.54) is 4.90 Å². The first kappa shape index (κ1) is 15.2. The number of fused-ring (bicyclic) bond motifs is 1. The molecule has 0 bridgehead atoms. The standard InChI is InChI=1S/C15H19NO5/c1-10(15(19)16(2)6-5-14(17)18)11-3-4-12-13(9-11)21-8-7-20-12/h3-4,9-10H,5-8H2,1-2H3,(H,17,18)/t10-/m1/s1. The highest BCUT2D eigenvalue weighted by Crippen LogP contribution is 2.33. The van der Waals surface area contributed by atoms with E-state index in [2.05, 4.69) is 0 Å². The van der Waals surface area contributed by atoms with Gasteiger partial charge < -0.3 is 19.5 Å². The number of carbonyl (C=O) groups is 2. The van der Waals surface area contributed by atoms with Crippen molar-refractivity contribution in [3.05, 3.63) is 23.8 Å². The molecule has 0 saturated carbocycles. The van der Waals surface area contributed by atoms with Crippen molar-refractivity contribution in [2.75, 3.05) is 26.8 Å². The third-order valence-electron chi connectivity index (χ3n) is 3.47. The monoisotopic (exact) mass is 293 g/mol. The third kappa shape index (κ3) is 3.65. The second-order valence-electron chi connectivity index (χ2n) is 5.03. The van der Waals surface area contributed by atoms with Crippen molar-refractivity contribution in [1.29, 1.82) is 0 Å². The van der Waals surface area contributed by atoms with Crippen molar-refractivity contribution in [3.8, 4) is 11.5 Å². The second-order valence-corrected chi connectivity index (χ2v) is 5.03. The Morgan fingerprint density at radius 1 is 1.29 bits per heavy atom. The molecule has 0 aliphatic carbocycles. The van der Waals surface area contributed by atoms with Crippen molar-refractivity contribution in [2.45, 2.75) is 19.3 Å². The van der Waals surface area contributed by atoms with Crippen LogP contribution in [-0.4, -0.2) is 48.7 Å². The number of carboxylic acid groups (broad SMARTS) is 1. The molecule has 0 saturated heterocycles. The van der Waals surface area contributed by atoms with Gasteiger partial charge in [-0.3, -0.25) is 9.59 Å². The minimum atomic E-state index is -0.915. The number of likely N-dealkylation sites (N-methyl/N-ethyl adjacent to an activating group) is 1. The SMILES string of the molecule is C[C@@H](C(=O)N(C)CCC(=O)O)c1ccc2c(c1)OCCO2. The summed E-state index contributed by atoms with van der Waals surface area (Å²) in [7, 11) is 1.61. The quantitative estimate of drug-likeness (QED) is 0.890. The van der Waals surface area contributed by atoms with E-state index in [0.29, 0.717) is 24.7 Å². The van der Waals surface area contributed by atoms with Crippen molar-refractivity contribution in [1.82, 2.24) is 4.90 Å². The Balaban J connectivity index is 2.06. The minimum absolute atomic E-state index is 0.0594. The number of hydrogen-bond acceptors (Lipinski definition) is 4. The zero-order chi connectivity index (χ0) is 15.4. The first-order valence-corrected chi connectivity index (χ1v) is 6.85. The summed E-state index contributed by atoms with van der Waals surface area (Å²) in [4.78, 5) is 24.3. The molecule has 1 N–H and O–H groups in total. The van der Waals surface area contributed by atoms with E-state index in [0.717, 1.165) is 5.56 Å². The molecule has 2 rings (SSSR count). The molecule has 6 nitrogen and oxygen atoms in total. The largest absolute Gasteiger partial charge is 0.486 e. The number of benzene rings is 1. The molecule has 1 aromatic carbocycles. The molecule has 114 valence electrons. The Hall–Kier alpha value is -2.24. The van der Waals surface area contributed by atoms with Gasteiger partial charge in [-0.05, 0) is 24.6 Å². The van der Waals surface area contributed by atoms with Gasteiger partial charge in [0.15, 0.2) is 11.5 Å². The number of nitrogens with zero attached hydrogens (tertiary/aromatic N) is 1. The van der Waals surface area contributed by atoms with Gasteiger partial charge >= 0.3 is 5.97 Å². The lowest BCUT2D eigenvalue weighted by molar-refractivity contribution is -0.138. The van der Waals surface area contributed by atoms with Crippen LogP contribution in [0.15, 0.2) is 18.2 Å². The molecule has 0 unspecified atom stereocenters. The number of carbonyl (C=O) groups excluding carboxylic acids is 1. The maximum absolute atomic E-state index is 12.3. The first-order valence-electron chi connectivity index (χ1n) is 6.85. The van der Waals surface area contributed by atoms with Gasteiger partial charge in [0.2, 0.25) is 5.91 Å². The van der Waals surface area contributed by atoms with E-state index in [9.17, 15) is 9.59 Å². The fraction of sp³-hybridized carbons (Fsp3) is 0.467. The lowest BCUT2D eigenvalue weighted by Crippen LogP contribution is -2.32. The highest BCUT2D eigenvalue weighted by molar-refractivity contribution is 5.83. The van der Waals surface area contributed by atoms with Gasteiger partial charge in [0.25, 0.3) is 0 Å². The summed E-state index contributed by atoms with van der Waals surface area (Å²) in [6, 6.07) is 5.44. The molecule has 1 aliphatic heterocycles. The van der Waals surface area contributed by atoms with Gasteiger partial charge in [-0.2, -0.15) is 0 Å². The van der Waals surface area contributed by atoms with Crippen molar-refractivity contribution in [2.24, 2.45) is 0 Å². The van der Waals surface area contributed by atoms with Crippen LogP contribution in [0.1, 0.15) is 24.8 Å². The smallest absolute Gasteiger partial charge is 0.305 e. The molecular weight excluding hydrogens is 274 g/mol. The molecule has 6 heteroatoms. The van der Waals surface area contributed by atoms with E-state index < -0.39 is 5.97 Å². The van der Waals surface area contributed by atoms with E-state index in [1.807, 2.05) is 12.1 Å². The zero-order valence-corrected chi connectivity index (χ0v) is 12.2. The topological polar surface area (TPSA) is 76.1 Å². The Kier molecular flexibility index (Phi) is 4.67. The molecule has 1 aromatic rings.